The van der Waals surface area contributed by atoms with Gasteiger partial charge >= 0.3 is 69.2 Å². The fraction of sp³-hybridized carbons (Fsp3) is 1.00. The fourth-order valence-electron chi connectivity index (χ4n) is 0. The van der Waals surface area contributed by atoms with Crippen molar-refractivity contribution in [3.63, 3.8) is 0 Å². The molecule has 2 nitrogen and oxygen atoms in total. The van der Waals surface area contributed by atoms with E-state index >= 15 is 0 Å². The molecule has 0 saturated heterocycles. The molecule has 40 valence electrons. The van der Waals surface area contributed by atoms with Crippen LogP contribution < -0.4 is 0 Å². The van der Waals surface area contributed by atoms with Gasteiger partial charge in [-0.1, -0.05) is 0 Å². The van der Waals surface area contributed by atoms with Crippen LogP contribution in [0.5, 0.6) is 0 Å². The van der Waals surface area contributed by atoms with Gasteiger partial charge in [0.25, 0.3) is 0 Å². The molecule has 0 saturated carbocycles. The summed E-state index contributed by atoms with van der Waals surface area (Å²) in [6.07, 6.45) is 0. The Morgan fingerprint density at radius 3 is 1.14 bits per heavy atom. The summed E-state index contributed by atoms with van der Waals surface area (Å²) >= 11 is 1.00. The van der Waals surface area contributed by atoms with E-state index < -0.39 is 0 Å². The zero-order valence-electron chi connectivity index (χ0n) is 5.39. The fourth-order valence-corrected chi connectivity index (χ4v) is 0. The summed E-state index contributed by atoms with van der Waals surface area (Å²) in [5.74, 6) is 0. The molecular formula is C4H11KO2. The van der Waals surface area contributed by atoms with Crippen molar-refractivity contribution in [3.05, 3.63) is 0 Å². The molecule has 0 aromatic carbocycles. The molecule has 0 spiro atoms. The molecule has 0 fully saturated rings. The molecule has 0 radical (unpaired) electrons. The van der Waals surface area contributed by atoms with Crippen LogP contribution in [-0.4, -0.2) is 59.5 Å². The number of hydrogen-bond acceptors (Lipinski definition) is 2. The average Bonchev–Trinajstić information content (AvgIpc) is 1.36. The minimum atomic E-state index is 0.688. The normalized spacial score (nSPS) is 9.57. The maximum atomic E-state index is 6.00. The minimum Gasteiger partial charge on any atom is -0.255 e. The first kappa shape index (κ1) is 11.4. The molecule has 0 aliphatic heterocycles. The van der Waals surface area contributed by atoms with Crippen molar-refractivity contribution in [2.24, 2.45) is 0 Å². The molecule has 0 heterocycles. The van der Waals surface area contributed by atoms with E-state index in [1.54, 1.807) is 0 Å². The number of hydrogen-bond donors (Lipinski definition) is 2. The van der Waals surface area contributed by atoms with E-state index in [2.05, 4.69) is 20.8 Å². The van der Waals surface area contributed by atoms with Gasteiger partial charge in [-0.3, -0.25) is 10.5 Å². The van der Waals surface area contributed by atoms with Crippen LogP contribution in [0.15, 0.2) is 0 Å². The van der Waals surface area contributed by atoms with Crippen molar-refractivity contribution in [1.82, 2.24) is 0 Å². The predicted octanol–water partition coefficient (Wildman–Crippen LogP) is 1.39. The van der Waals surface area contributed by atoms with Gasteiger partial charge < -0.3 is 0 Å². The molecule has 3 heteroatoms. The third kappa shape index (κ3) is 96.3. The maximum absolute atomic E-state index is 6.00. The summed E-state index contributed by atoms with van der Waals surface area (Å²) in [6.45, 7) is 6.81. The Hall–Kier alpha value is 1.56. The van der Waals surface area contributed by atoms with Gasteiger partial charge in [0, 0.05) is 0 Å². The summed E-state index contributed by atoms with van der Waals surface area (Å²) in [6, 6.07) is 0. The second kappa shape index (κ2) is 5.69. The Kier molecular flexibility index (Phi) is 9.24. The van der Waals surface area contributed by atoms with Crippen LogP contribution in [0.2, 0.25) is -0.490 Å². The molecule has 0 atom stereocenters. The molecule has 0 rings (SSSR count). The second-order valence-electron chi connectivity index (χ2n) is 3.00. The van der Waals surface area contributed by atoms with Crippen molar-refractivity contribution in [2.45, 2.75) is 20.3 Å². The average molecular weight is 130 g/mol. The second-order valence-corrected chi connectivity index (χ2v) is 7.68. The predicted molar refractivity (Wildman–Crippen MR) is 30.7 cm³/mol. The molecule has 0 aromatic heterocycles. The zero-order valence-corrected chi connectivity index (χ0v) is 8.52. The molecule has 0 aliphatic rings. The van der Waals surface area contributed by atoms with E-state index in [4.69, 9.17) is 10.5 Å². The van der Waals surface area contributed by atoms with Gasteiger partial charge in [0.1, 0.15) is 0 Å². The number of rotatable bonds is 0. The Morgan fingerprint density at radius 2 is 1.14 bits per heavy atom. The Morgan fingerprint density at radius 1 is 1.14 bits per heavy atom. The van der Waals surface area contributed by atoms with Crippen LogP contribution in [-0.2, 0) is 0 Å². The van der Waals surface area contributed by atoms with Crippen molar-refractivity contribution >= 4 is 49.0 Å². The van der Waals surface area contributed by atoms with Crippen LogP contribution >= 0.6 is 0 Å². The summed E-state index contributed by atoms with van der Waals surface area (Å²) < 4.78 is 0.688. The van der Waals surface area contributed by atoms with Crippen LogP contribution in [0, 0.1) is 0 Å². The molecule has 0 unspecified atom stereocenters. The summed E-state index contributed by atoms with van der Waals surface area (Å²) in [5.41, 5.74) is 0. The summed E-state index contributed by atoms with van der Waals surface area (Å²) in [7, 11) is 0. The van der Waals surface area contributed by atoms with E-state index in [1.807, 2.05) is 0 Å². The van der Waals surface area contributed by atoms with Crippen LogP contribution in [0.1, 0.15) is 20.8 Å². The van der Waals surface area contributed by atoms with Gasteiger partial charge in [-0.05, 0) is 0 Å². The Balaban J connectivity index is 0. The SMILES string of the molecule is C[C](C)(C)[K].OO. The van der Waals surface area contributed by atoms with Crippen LogP contribution in [0.3, 0.4) is 0 Å². The van der Waals surface area contributed by atoms with Crippen molar-refractivity contribution in [2.75, 3.05) is 0 Å². The molecule has 2 N–H and O–H groups in total. The van der Waals surface area contributed by atoms with Crippen LogP contribution in [0.25, 0.3) is 0 Å². The van der Waals surface area contributed by atoms with Crippen LogP contribution in [0.4, 0.5) is 0 Å². The summed E-state index contributed by atoms with van der Waals surface area (Å²) in [5, 5.41) is 12.0. The Bertz CT molecular complexity index is 25.2. The minimum absolute atomic E-state index is 0.688. The third-order valence-electron chi connectivity index (χ3n) is 0. The van der Waals surface area contributed by atoms with Gasteiger partial charge in [0.05, 0.1) is 0 Å². The monoisotopic (exact) mass is 130 g/mol. The third-order valence-corrected chi connectivity index (χ3v) is 0. The Labute approximate surface area is 78.4 Å². The van der Waals surface area contributed by atoms with Gasteiger partial charge in [-0.25, -0.2) is 0 Å². The van der Waals surface area contributed by atoms with Gasteiger partial charge in [-0.15, -0.1) is 0 Å². The quantitative estimate of drug-likeness (QED) is 0.295. The van der Waals surface area contributed by atoms with E-state index in [0.29, 0.717) is -0.490 Å². The largest absolute Gasteiger partial charge is 0.255 e. The van der Waals surface area contributed by atoms with E-state index in [0.717, 1.165) is 49.0 Å². The molecule has 7 heavy (non-hydrogen) atoms. The van der Waals surface area contributed by atoms with Gasteiger partial charge in [-0.2, -0.15) is 0 Å². The van der Waals surface area contributed by atoms with E-state index in [-0.39, 0.29) is 0 Å². The molecule has 0 bridgehead atoms. The van der Waals surface area contributed by atoms with E-state index in [9.17, 15) is 0 Å². The molecule has 0 aromatic rings. The van der Waals surface area contributed by atoms with Gasteiger partial charge in [0.15, 0.2) is 0 Å². The first-order chi connectivity index (χ1) is 3.00. The first-order valence-electron chi connectivity index (χ1n) is 2.20. The van der Waals surface area contributed by atoms with Gasteiger partial charge in [0.2, 0.25) is 0 Å². The smallest absolute Gasteiger partial charge is 0.255 e. The zero-order chi connectivity index (χ0) is 6.50. The van der Waals surface area contributed by atoms with Crippen molar-refractivity contribution in [3.8, 4) is 0 Å². The van der Waals surface area contributed by atoms with Crippen molar-refractivity contribution in [1.29, 1.82) is 0 Å². The van der Waals surface area contributed by atoms with E-state index in [1.165, 1.54) is 0 Å². The topological polar surface area (TPSA) is 40.5 Å². The first-order valence-corrected chi connectivity index (χ1v) is 3.76. The molecule has 0 aliphatic carbocycles. The molecular weight excluding hydrogens is 119 g/mol. The van der Waals surface area contributed by atoms with Crippen molar-refractivity contribution < 1.29 is 10.5 Å². The standard InChI is InChI=1S/C4H9.K.H2O2/c1-4(2)3;;1-2/h1-3H3;;1-2H. The summed E-state index contributed by atoms with van der Waals surface area (Å²) in [4.78, 5) is 0. The maximum Gasteiger partial charge on any atom is -0.255 e. The molecule has 0 amide bonds.